The molecule has 0 spiro atoms. The molecule has 0 atom stereocenters. The number of nitrogens with one attached hydrogen (secondary N) is 1. The van der Waals surface area contributed by atoms with Crippen LogP contribution in [0.1, 0.15) is 17.0 Å². The molecular formula is C25H20N2O4S. The first kappa shape index (κ1) is 20.1. The Hall–Kier alpha value is -3.84. The number of ether oxygens (including phenoxy) is 2. The number of carbonyl (C=O) groups is 1. The number of carbonyl (C=O) groups excluding carboxylic acids is 1. The summed E-state index contributed by atoms with van der Waals surface area (Å²) < 4.78 is 10.7. The Morgan fingerprint density at radius 1 is 1.03 bits per heavy atom. The van der Waals surface area contributed by atoms with E-state index in [0.717, 1.165) is 11.1 Å². The largest absolute Gasteiger partial charge is 0.507 e. The smallest absolute Gasteiger partial charge is 0.413 e. The molecule has 1 aliphatic rings. The second-order valence-corrected chi connectivity index (χ2v) is 8.23. The Morgan fingerprint density at radius 2 is 1.72 bits per heavy atom. The fourth-order valence-electron chi connectivity index (χ4n) is 4.03. The number of fused-ring (bicyclic) bond motifs is 3. The van der Waals surface area contributed by atoms with Gasteiger partial charge in [0, 0.05) is 22.9 Å². The van der Waals surface area contributed by atoms with Crippen LogP contribution in [0.25, 0.3) is 22.4 Å². The van der Waals surface area contributed by atoms with Gasteiger partial charge in [0.05, 0.1) is 12.8 Å². The maximum Gasteiger partial charge on any atom is 0.413 e. The molecule has 2 N–H and O–H groups in total. The zero-order valence-electron chi connectivity index (χ0n) is 17.2. The molecule has 0 aliphatic heterocycles. The van der Waals surface area contributed by atoms with Crippen molar-refractivity contribution in [3.05, 3.63) is 83.2 Å². The summed E-state index contributed by atoms with van der Waals surface area (Å²) >= 11 is 1.26. The summed E-state index contributed by atoms with van der Waals surface area (Å²) in [6.45, 7) is 0.233. The van der Waals surface area contributed by atoms with E-state index in [0.29, 0.717) is 22.1 Å². The molecule has 1 aromatic heterocycles. The lowest BCUT2D eigenvalue weighted by atomic mass is 9.98. The van der Waals surface area contributed by atoms with E-state index < -0.39 is 6.09 Å². The zero-order chi connectivity index (χ0) is 22.1. The van der Waals surface area contributed by atoms with Gasteiger partial charge in [-0.2, -0.15) is 0 Å². The van der Waals surface area contributed by atoms with Crippen molar-refractivity contribution in [3.8, 4) is 33.9 Å². The predicted octanol–water partition coefficient (Wildman–Crippen LogP) is 5.89. The minimum Gasteiger partial charge on any atom is -0.507 e. The number of rotatable bonds is 5. The number of phenols is 1. The Morgan fingerprint density at radius 3 is 2.38 bits per heavy atom. The van der Waals surface area contributed by atoms with Crippen molar-refractivity contribution < 1.29 is 19.4 Å². The number of amides is 1. The monoisotopic (exact) mass is 444 g/mol. The fraction of sp³-hybridized carbons (Fsp3) is 0.120. The molecule has 0 bridgehead atoms. The van der Waals surface area contributed by atoms with Gasteiger partial charge in [-0.1, -0.05) is 48.5 Å². The summed E-state index contributed by atoms with van der Waals surface area (Å²) in [5.74, 6) is 0.608. The van der Waals surface area contributed by atoms with Crippen molar-refractivity contribution in [1.82, 2.24) is 4.98 Å². The maximum atomic E-state index is 12.5. The van der Waals surface area contributed by atoms with Crippen LogP contribution in [-0.2, 0) is 4.74 Å². The molecule has 6 nitrogen and oxygen atoms in total. The van der Waals surface area contributed by atoms with Crippen molar-refractivity contribution in [1.29, 1.82) is 0 Å². The number of hydrogen-bond acceptors (Lipinski definition) is 6. The summed E-state index contributed by atoms with van der Waals surface area (Å²) in [5.41, 5.74) is 5.80. The number of thiazole rings is 1. The number of hydrogen-bond donors (Lipinski definition) is 2. The number of methoxy groups -OCH3 is 1. The van der Waals surface area contributed by atoms with Crippen LogP contribution in [0.2, 0.25) is 0 Å². The number of benzene rings is 3. The molecule has 1 amide bonds. The van der Waals surface area contributed by atoms with Gasteiger partial charge in [-0.05, 0) is 34.4 Å². The zero-order valence-corrected chi connectivity index (χ0v) is 18.1. The first-order valence-electron chi connectivity index (χ1n) is 10.1. The third kappa shape index (κ3) is 3.67. The molecule has 160 valence electrons. The Balaban J connectivity index is 1.27. The third-order valence-corrected chi connectivity index (χ3v) is 6.30. The minimum atomic E-state index is -0.563. The Labute approximate surface area is 189 Å². The predicted molar refractivity (Wildman–Crippen MR) is 124 cm³/mol. The number of phenolic OH excluding ortho intramolecular Hbond substituents is 1. The highest BCUT2D eigenvalue weighted by Crippen LogP contribution is 2.44. The molecule has 0 unspecified atom stereocenters. The van der Waals surface area contributed by atoms with Gasteiger partial charge in [-0.25, -0.2) is 9.78 Å². The van der Waals surface area contributed by atoms with Gasteiger partial charge in [0.2, 0.25) is 0 Å². The van der Waals surface area contributed by atoms with Crippen molar-refractivity contribution in [2.45, 2.75) is 5.92 Å². The van der Waals surface area contributed by atoms with Gasteiger partial charge in [0.1, 0.15) is 18.1 Å². The lowest BCUT2D eigenvalue weighted by molar-refractivity contribution is 0.158. The Kier molecular flexibility index (Phi) is 5.25. The van der Waals surface area contributed by atoms with E-state index in [2.05, 4.69) is 34.6 Å². The molecule has 5 rings (SSSR count). The lowest BCUT2D eigenvalue weighted by Gasteiger charge is -2.14. The normalized spacial score (nSPS) is 12.2. The van der Waals surface area contributed by atoms with Crippen LogP contribution < -0.4 is 10.1 Å². The highest BCUT2D eigenvalue weighted by Gasteiger charge is 2.29. The topological polar surface area (TPSA) is 80.7 Å². The van der Waals surface area contributed by atoms with Crippen LogP contribution in [0.4, 0.5) is 9.93 Å². The average molecular weight is 445 g/mol. The average Bonchev–Trinajstić information content (AvgIpc) is 3.40. The molecule has 7 heteroatoms. The van der Waals surface area contributed by atoms with Crippen LogP contribution >= 0.6 is 11.3 Å². The summed E-state index contributed by atoms with van der Waals surface area (Å²) in [6.07, 6.45) is -0.563. The minimum absolute atomic E-state index is 0.00347. The molecule has 0 saturated carbocycles. The van der Waals surface area contributed by atoms with Gasteiger partial charge in [-0.3, -0.25) is 5.32 Å². The summed E-state index contributed by atoms with van der Waals surface area (Å²) in [4.78, 5) is 16.9. The highest BCUT2D eigenvalue weighted by atomic mass is 32.1. The van der Waals surface area contributed by atoms with Crippen LogP contribution in [-0.4, -0.2) is 29.9 Å². The van der Waals surface area contributed by atoms with Crippen molar-refractivity contribution >= 4 is 22.6 Å². The highest BCUT2D eigenvalue weighted by molar-refractivity contribution is 7.14. The standard InChI is InChI=1S/C25H20N2O4S/c1-30-15-10-11-20(23(28)12-15)22-14-32-24(26-22)27-25(29)31-13-21-18-8-4-2-6-16(18)17-7-3-5-9-19(17)21/h2-12,14,21,28H,13H2,1H3,(H,26,27,29). The van der Waals surface area contributed by atoms with E-state index in [9.17, 15) is 9.90 Å². The summed E-state index contributed by atoms with van der Waals surface area (Å²) in [6, 6.07) is 21.4. The quantitative estimate of drug-likeness (QED) is 0.401. The number of aromatic nitrogens is 1. The molecule has 1 aliphatic carbocycles. The number of anilines is 1. The van der Waals surface area contributed by atoms with Crippen molar-refractivity contribution in [2.24, 2.45) is 0 Å². The van der Waals surface area contributed by atoms with E-state index in [4.69, 9.17) is 9.47 Å². The van der Waals surface area contributed by atoms with Crippen molar-refractivity contribution in [3.63, 3.8) is 0 Å². The van der Waals surface area contributed by atoms with Crippen LogP contribution in [0.15, 0.2) is 72.1 Å². The summed E-state index contributed by atoms with van der Waals surface area (Å²) in [7, 11) is 1.54. The molecular weight excluding hydrogens is 424 g/mol. The third-order valence-electron chi connectivity index (χ3n) is 5.54. The van der Waals surface area contributed by atoms with Gasteiger partial charge >= 0.3 is 6.09 Å². The van der Waals surface area contributed by atoms with Gasteiger partial charge < -0.3 is 14.6 Å². The number of aromatic hydroxyl groups is 1. The van der Waals surface area contributed by atoms with Crippen LogP contribution in [0, 0.1) is 0 Å². The van der Waals surface area contributed by atoms with E-state index in [1.807, 2.05) is 24.3 Å². The van der Waals surface area contributed by atoms with Gasteiger partial charge in [-0.15, -0.1) is 11.3 Å². The van der Waals surface area contributed by atoms with Crippen LogP contribution in [0.5, 0.6) is 11.5 Å². The van der Waals surface area contributed by atoms with Crippen molar-refractivity contribution in [2.75, 3.05) is 19.0 Å². The molecule has 0 radical (unpaired) electrons. The SMILES string of the molecule is COc1ccc(-c2csc(NC(=O)OCC3c4ccccc4-c4ccccc43)n2)c(O)c1. The second kappa shape index (κ2) is 8.36. The van der Waals surface area contributed by atoms with Crippen LogP contribution in [0.3, 0.4) is 0 Å². The van der Waals surface area contributed by atoms with E-state index in [-0.39, 0.29) is 18.3 Å². The first-order chi connectivity index (χ1) is 15.6. The molecule has 1 heterocycles. The fourth-order valence-corrected chi connectivity index (χ4v) is 4.73. The van der Waals surface area contributed by atoms with Gasteiger partial charge in [0.25, 0.3) is 0 Å². The molecule has 0 fully saturated rings. The maximum absolute atomic E-state index is 12.5. The summed E-state index contributed by atoms with van der Waals surface area (Å²) in [5, 5.41) is 15.1. The molecule has 0 saturated heterocycles. The molecule has 32 heavy (non-hydrogen) atoms. The molecule has 3 aromatic carbocycles. The van der Waals surface area contributed by atoms with E-state index in [1.54, 1.807) is 17.5 Å². The first-order valence-corrected chi connectivity index (χ1v) is 11.0. The Bertz CT molecular complexity index is 1260. The van der Waals surface area contributed by atoms with E-state index >= 15 is 0 Å². The van der Waals surface area contributed by atoms with E-state index in [1.165, 1.54) is 35.6 Å². The second-order valence-electron chi connectivity index (χ2n) is 7.37. The lowest BCUT2D eigenvalue weighted by Crippen LogP contribution is -2.17. The molecule has 4 aromatic rings. The van der Waals surface area contributed by atoms with Gasteiger partial charge in [0.15, 0.2) is 5.13 Å². The number of nitrogens with zero attached hydrogens (tertiary/aromatic N) is 1.